The van der Waals surface area contributed by atoms with Crippen LogP contribution in [0.2, 0.25) is 5.02 Å². The van der Waals surface area contributed by atoms with E-state index in [1.165, 1.54) is 6.08 Å². The fraction of sp³-hybridized carbons (Fsp3) is 0.121. The lowest BCUT2D eigenvalue weighted by Crippen LogP contribution is -2.54. The Labute approximate surface area is 243 Å². The normalized spacial score (nSPS) is 14.3. The fourth-order valence-corrected chi connectivity index (χ4v) is 4.75. The zero-order valence-electron chi connectivity index (χ0n) is 22.5. The Morgan fingerprint density at radius 2 is 1.49 bits per heavy atom. The maximum absolute atomic E-state index is 13.4. The first-order valence-corrected chi connectivity index (χ1v) is 13.3. The Morgan fingerprint density at radius 3 is 2.22 bits per heavy atom. The molecule has 7 nitrogen and oxygen atoms in total. The largest absolute Gasteiger partial charge is 0.489 e. The molecule has 4 aromatic rings. The Balaban J connectivity index is 1.34. The van der Waals surface area contributed by atoms with Crippen LogP contribution in [-0.4, -0.2) is 17.8 Å². The SMILES string of the molecule is Cc1cc(C)cc(COc2ccccc2/C=C2\C(=O)NC(=O)N(c3ccc(OCc4ccccc4Cl)cc3)C2=O)c1. The average molecular weight is 567 g/mol. The Morgan fingerprint density at radius 1 is 0.805 bits per heavy atom. The van der Waals surface area contributed by atoms with E-state index in [9.17, 15) is 14.4 Å². The molecule has 1 fully saturated rings. The topological polar surface area (TPSA) is 84.9 Å². The number of nitrogens with one attached hydrogen (secondary N) is 1. The molecule has 4 amide bonds. The number of rotatable bonds is 8. The number of barbiturate groups is 1. The van der Waals surface area contributed by atoms with Crippen molar-refractivity contribution < 1.29 is 23.9 Å². The number of anilines is 1. The van der Waals surface area contributed by atoms with Gasteiger partial charge < -0.3 is 9.47 Å². The highest BCUT2D eigenvalue weighted by Gasteiger charge is 2.37. The van der Waals surface area contributed by atoms with E-state index < -0.39 is 17.8 Å². The molecule has 1 N–H and O–H groups in total. The number of aryl methyl sites for hydroxylation is 2. The summed E-state index contributed by atoms with van der Waals surface area (Å²) in [4.78, 5) is 39.8. The molecule has 0 aromatic heterocycles. The number of halogens is 1. The second-order valence-electron chi connectivity index (χ2n) is 9.65. The van der Waals surface area contributed by atoms with Crippen LogP contribution >= 0.6 is 11.6 Å². The Hall–Kier alpha value is -4.88. The number of hydrogen-bond acceptors (Lipinski definition) is 5. The van der Waals surface area contributed by atoms with Crippen LogP contribution in [0.4, 0.5) is 10.5 Å². The van der Waals surface area contributed by atoms with Gasteiger partial charge in [-0.05, 0) is 61.9 Å². The van der Waals surface area contributed by atoms with Gasteiger partial charge in [0.1, 0.15) is 30.3 Å². The highest BCUT2D eigenvalue weighted by Crippen LogP contribution is 2.28. The van der Waals surface area contributed by atoms with Crippen molar-refractivity contribution >= 4 is 41.2 Å². The number of para-hydroxylation sites is 1. The molecule has 0 saturated carbocycles. The van der Waals surface area contributed by atoms with Crippen molar-refractivity contribution in [1.82, 2.24) is 5.32 Å². The molecule has 0 bridgehead atoms. The molecule has 1 saturated heterocycles. The summed E-state index contributed by atoms with van der Waals surface area (Å²) in [5, 5.41) is 2.86. The van der Waals surface area contributed by atoms with Crippen LogP contribution in [-0.2, 0) is 22.8 Å². The number of urea groups is 1. The molecule has 0 aliphatic carbocycles. The summed E-state index contributed by atoms with van der Waals surface area (Å²) in [7, 11) is 0. The predicted octanol–water partition coefficient (Wildman–Crippen LogP) is 6.78. The van der Waals surface area contributed by atoms with Gasteiger partial charge in [0.15, 0.2) is 0 Å². The number of amides is 4. The number of ether oxygens (including phenoxy) is 2. The van der Waals surface area contributed by atoms with Crippen LogP contribution in [0.3, 0.4) is 0 Å². The molecule has 5 rings (SSSR count). The number of hydrogen-bond donors (Lipinski definition) is 1. The van der Waals surface area contributed by atoms with Gasteiger partial charge in [-0.2, -0.15) is 0 Å². The Bertz CT molecular complexity index is 1640. The molecule has 0 spiro atoms. The second kappa shape index (κ2) is 12.1. The molecular formula is C33H27ClN2O5. The van der Waals surface area contributed by atoms with Gasteiger partial charge in [-0.3, -0.25) is 14.9 Å². The molecule has 41 heavy (non-hydrogen) atoms. The molecule has 4 aromatic carbocycles. The highest BCUT2D eigenvalue weighted by atomic mass is 35.5. The summed E-state index contributed by atoms with van der Waals surface area (Å²) in [6.45, 7) is 4.62. The number of carbonyl (C=O) groups is 3. The zero-order valence-corrected chi connectivity index (χ0v) is 23.3. The van der Waals surface area contributed by atoms with E-state index in [4.69, 9.17) is 21.1 Å². The molecule has 0 atom stereocenters. The van der Waals surface area contributed by atoms with Gasteiger partial charge >= 0.3 is 6.03 Å². The van der Waals surface area contributed by atoms with Crippen LogP contribution in [0.15, 0.2) is 96.6 Å². The fourth-order valence-electron chi connectivity index (χ4n) is 4.56. The zero-order chi connectivity index (χ0) is 28.9. The smallest absolute Gasteiger partial charge is 0.335 e. The summed E-state index contributed by atoms with van der Waals surface area (Å²) < 4.78 is 11.9. The lowest BCUT2D eigenvalue weighted by Gasteiger charge is -2.26. The number of imide groups is 2. The van der Waals surface area contributed by atoms with E-state index >= 15 is 0 Å². The standard InChI is InChI=1S/C33H27ClN2O5/c1-21-15-22(2)17-23(16-21)19-41-30-10-6-4-7-24(30)18-28-31(37)35-33(39)36(32(28)38)26-11-13-27(14-12-26)40-20-25-8-3-5-9-29(25)34/h3-18H,19-20H2,1-2H3,(H,35,37,39)/b28-18+. The summed E-state index contributed by atoms with van der Waals surface area (Å²) in [5.74, 6) is -0.490. The van der Waals surface area contributed by atoms with Crippen LogP contribution in [0.25, 0.3) is 6.08 Å². The summed E-state index contributed by atoms with van der Waals surface area (Å²) in [6, 6.07) is 26.3. The maximum Gasteiger partial charge on any atom is 0.335 e. The lowest BCUT2D eigenvalue weighted by atomic mass is 10.1. The quantitative estimate of drug-likeness (QED) is 0.188. The first-order valence-electron chi connectivity index (χ1n) is 13.0. The van der Waals surface area contributed by atoms with Gasteiger partial charge in [0.2, 0.25) is 0 Å². The van der Waals surface area contributed by atoms with E-state index in [1.807, 2.05) is 50.2 Å². The number of nitrogens with zero attached hydrogens (tertiary/aromatic N) is 1. The third-order valence-corrected chi connectivity index (χ3v) is 6.81. The van der Waals surface area contributed by atoms with Crippen molar-refractivity contribution in [1.29, 1.82) is 0 Å². The summed E-state index contributed by atoms with van der Waals surface area (Å²) >= 11 is 6.19. The number of benzene rings is 4. The van der Waals surface area contributed by atoms with Crippen molar-refractivity contribution in [2.45, 2.75) is 27.1 Å². The predicted molar refractivity (Wildman–Crippen MR) is 158 cm³/mol. The van der Waals surface area contributed by atoms with E-state index in [-0.39, 0.29) is 17.9 Å². The van der Waals surface area contributed by atoms with Crippen molar-refractivity contribution in [3.63, 3.8) is 0 Å². The van der Waals surface area contributed by atoms with Crippen LogP contribution in [0.1, 0.15) is 27.8 Å². The lowest BCUT2D eigenvalue weighted by molar-refractivity contribution is -0.122. The summed E-state index contributed by atoms with van der Waals surface area (Å²) in [6.07, 6.45) is 1.44. The molecule has 8 heteroatoms. The van der Waals surface area contributed by atoms with Gasteiger partial charge in [0.25, 0.3) is 11.8 Å². The van der Waals surface area contributed by atoms with Crippen molar-refractivity contribution in [2.75, 3.05) is 4.90 Å². The van der Waals surface area contributed by atoms with Gasteiger partial charge in [-0.15, -0.1) is 0 Å². The third kappa shape index (κ3) is 6.48. The second-order valence-corrected chi connectivity index (χ2v) is 10.1. The van der Waals surface area contributed by atoms with E-state index in [1.54, 1.807) is 48.5 Å². The summed E-state index contributed by atoms with van der Waals surface area (Å²) in [5.41, 5.74) is 4.74. The van der Waals surface area contributed by atoms with Crippen LogP contribution in [0.5, 0.6) is 11.5 Å². The minimum Gasteiger partial charge on any atom is -0.489 e. The van der Waals surface area contributed by atoms with E-state index in [0.717, 1.165) is 27.2 Å². The highest BCUT2D eigenvalue weighted by molar-refractivity contribution is 6.39. The van der Waals surface area contributed by atoms with Crippen LogP contribution < -0.4 is 19.7 Å². The molecule has 0 unspecified atom stereocenters. The van der Waals surface area contributed by atoms with Gasteiger partial charge in [-0.25, -0.2) is 9.69 Å². The van der Waals surface area contributed by atoms with Gasteiger partial charge in [0, 0.05) is 16.1 Å². The molecule has 1 aliphatic heterocycles. The average Bonchev–Trinajstić information content (AvgIpc) is 2.94. The van der Waals surface area contributed by atoms with Gasteiger partial charge in [0.05, 0.1) is 5.69 Å². The monoisotopic (exact) mass is 566 g/mol. The molecule has 1 aliphatic rings. The minimum atomic E-state index is -0.832. The van der Waals surface area contributed by atoms with Crippen LogP contribution in [0, 0.1) is 13.8 Å². The van der Waals surface area contributed by atoms with Crippen molar-refractivity contribution in [3.8, 4) is 11.5 Å². The molecule has 0 radical (unpaired) electrons. The van der Waals surface area contributed by atoms with E-state index in [0.29, 0.717) is 28.7 Å². The molecule has 1 heterocycles. The van der Waals surface area contributed by atoms with E-state index in [2.05, 4.69) is 11.4 Å². The first kappa shape index (κ1) is 27.7. The van der Waals surface area contributed by atoms with Crippen molar-refractivity contribution in [3.05, 3.63) is 129 Å². The van der Waals surface area contributed by atoms with Gasteiger partial charge in [-0.1, -0.05) is 77.3 Å². The Kier molecular flexibility index (Phi) is 8.17. The maximum atomic E-state index is 13.4. The minimum absolute atomic E-state index is 0.189. The molecule has 206 valence electrons. The molecular weight excluding hydrogens is 540 g/mol. The number of carbonyl (C=O) groups excluding carboxylic acids is 3. The first-order chi connectivity index (χ1) is 19.8. The van der Waals surface area contributed by atoms with Crippen molar-refractivity contribution in [2.24, 2.45) is 0 Å². The third-order valence-electron chi connectivity index (χ3n) is 6.44.